The zero-order valence-electron chi connectivity index (χ0n) is 10.7. The number of nitrogens with zero attached hydrogens (tertiary/aromatic N) is 1. The largest absolute Gasteiger partial charge is 0.325 e. The third-order valence-corrected chi connectivity index (χ3v) is 2.62. The first kappa shape index (κ1) is 13.9. The van der Waals surface area contributed by atoms with Crippen LogP contribution in [0.15, 0.2) is 24.3 Å². The van der Waals surface area contributed by atoms with Crippen LogP contribution in [-0.2, 0) is 4.79 Å². The molecule has 4 nitrogen and oxygen atoms in total. The van der Waals surface area contributed by atoms with E-state index in [9.17, 15) is 9.59 Å². The number of nitriles is 1. The molecule has 0 aliphatic carbocycles. The minimum Gasteiger partial charge on any atom is -0.325 e. The minimum atomic E-state index is -0.689. The number of hydrogen-bond acceptors (Lipinski definition) is 3. The molecule has 1 aromatic carbocycles. The summed E-state index contributed by atoms with van der Waals surface area (Å²) in [5.74, 6) is -1.14. The monoisotopic (exact) mass is 244 g/mol. The summed E-state index contributed by atoms with van der Waals surface area (Å²) in [7, 11) is 0. The first-order valence-electron chi connectivity index (χ1n) is 5.77. The molecule has 0 aromatic heterocycles. The van der Waals surface area contributed by atoms with E-state index in [1.165, 1.54) is 6.92 Å². The predicted octanol–water partition coefficient (Wildman–Crippen LogP) is 2.62. The van der Waals surface area contributed by atoms with Gasteiger partial charge in [0.25, 0.3) is 0 Å². The Balaban J connectivity index is 2.85. The van der Waals surface area contributed by atoms with Crippen molar-refractivity contribution in [1.82, 2.24) is 0 Å². The van der Waals surface area contributed by atoms with Crippen LogP contribution >= 0.6 is 0 Å². The summed E-state index contributed by atoms with van der Waals surface area (Å²) < 4.78 is 0. The molecular formula is C14H16N2O2. The van der Waals surface area contributed by atoms with E-state index < -0.39 is 5.92 Å². The number of amides is 1. The van der Waals surface area contributed by atoms with E-state index in [1.54, 1.807) is 24.3 Å². The van der Waals surface area contributed by atoms with Crippen molar-refractivity contribution in [1.29, 1.82) is 5.26 Å². The lowest BCUT2D eigenvalue weighted by atomic mass is 9.96. The highest BCUT2D eigenvalue weighted by molar-refractivity contribution is 5.98. The van der Waals surface area contributed by atoms with Crippen molar-refractivity contribution in [3.8, 4) is 6.07 Å². The van der Waals surface area contributed by atoms with Gasteiger partial charge in [0, 0.05) is 11.3 Å². The molecule has 0 fully saturated rings. The Hall–Kier alpha value is -2.15. The molecule has 0 aliphatic rings. The number of benzene rings is 1. The molecule has 1 N–H and O–H groups in total. The van der Waals surface area contributed by atoms with Gasteiger partial charge >= 0.3 is 0 Å². The highest BCUT2D eigenvalue weighted by atomic mass is 16.2. The summed E-state index contributed by atoms with van der Waals surface area (Å²) in [6.07, 6.45) is 0. The zero-order valence-corrected chi connectivity index (χ0v) is 10.7. The van der Waals surface area contributed by atoms with E-state index in [4.69, 9.17) is 5.26 Å². The molecule has 1 rings (SSSR count). The lowest BCUT2D eigenvalue weighted by Crippen LogP contribution is -2.25. The van der Waals surface area contributed by atoms with Gasteiger partial charge < -0.3 is 5.32 Å². The molecule has 94 valence electrons. The van der Waals surface area contributed by atoms with Crippen molar-refractivity contribution in [2.24, 2.45) is 11.8 Å². The molecule has 0 saturated carbocycles. The average Bonchev–Trinajstić information content (AvgIpc) is 2.29. The maximum atomic E-state index is 11.8. The Morgan fingerprint density at radius 3 is 2.50 bits per heavy atom. The van der Waals surface area contributed by atoms with Crippen LogP contribution in [0.1, 0.15) is 31.1 Å². The van der Waals surface area contributed by atoms with Gasteiger partial charge in [-0.3, -0.25) is 9.59 Å². The number of rotatable bonds is 4. The van der Waals surface area contributed by atoms with Crippen molar-refractivity contribution in [2.45, 2.75) is 20.8 Å². The van der Waals surface area contributed by atoms with Crippen LogP contribution < -0.4 is 5.32 Å². The Morgan fingerprint density at radius 1 is 1.33 bits per heavy atom. The van der Waals surface area contributed by atoms with Gasteiger partial charge in [-0.25, -0.2) is 0 Å². The van der Waals surface area contributed by atoms with Gasteiger partial charge in [-0.05, 0) is 25.0 Å². The van der Waals surface area contributed by atoms with Gasteiger partial charge in [-0.1, -0.05) is 26.0 Å². The fourth-order valence-electron chi connectivity index (χ4n) is 1.55. The van der Waals surface area contributed by atoms with Crippen molar-refractivity contribution in [2.75, 3.05) is 5.32 Å². The fourth-order valence-corrected chi connectivity index (χ4v) is 1.55. The molecule has 0 heterocycles. The van der Waals surface area contributed by atoms with E-state index in [0.717, 1.165) is 0 Å². The van der Waals surface area contributed by atoms with Gasteiger partial charge in [-0.2, -0.15) is 5.26 Å². The molecule has 4 heteroatoms. The topological polar surface area (TPSA) is 70.0 Å². The van der Waals surface area contributed by atoms with Crippen molar-refractivity contribution in [3.05, 3.63) is 29.8 Å². The average molecular weight is 244 g/mol. The smallest absolute Gasteiger partial charge is 0.241 e. The summed E-state index contributed by atoms with van der Waals surface area (Å²) in [5, 5.41) is 11.6. The predicted molar refractivity (Wildman–Crippen MR) is 69.0 cm³/mol. The Labute approximate surface area is 107 Å². The van der Waals surface area contributed by atoms with E-state index in [1.807, 2.05) is 19.9 Å². The Morgan fingerprint density at radius 2 is 2.00 bits per heavy atom. The fraction of sp³-hybridized carbons (Fsp3) is 0.357. The molecule has 1 unspecified atom stereocenters. The first-order valence-corrected chi connectivity index (χ1v) is 5.77. The van der Waals surface area contributed by atoms with Crippen LogP contribution in [0.25, 0.3) is 0 Å². The number of nitrogens with one attached hydrogen (secondary N) is 1. The van der Waals surface area contributed by atoms with E-state index in [0.29, 0.717) is 11.3 Å². The minimum absolute atomic E-state index is 0.0500. The summed E-state index contributed by atoms with van der Waals surface area (Å²) in [6, 6.07) is 8.66. The number of Topliss-reactive ketones (excluding diaryl/α,β-unsaturated/α-hetero) is 1. The molecule has 0 radical (unpaired) electrons. The second kappa shape index (κ2) is 5.97. The molecule has 1 aromatic rings. The summed E-state index contributed by atoms with van der Waals surface area (Å²) in [5.41, 5.74) is 1.07. The standard InChI is InChI=1S/C14H16N2O2/c1-9(2)13(8-15)14(18)16-12-6-4-5-11(7-12)10(3)17/h4-7,9,13H,1-3H3,(H,16,18). The van der Waals surface area contributed by atoms with Crippen LogP contribution in [-0.4, -0.2) is 11.7 Å². The maximum Gasteiger partial charge on any atom is 0.241 e. The van der Waals surface area contributed by atoms with Crippen LogP contribution in [0.5, 0.6) is 0 Å². The second-order valence-electron chi connectivity index (χ2n) is 4.48. The highest BCUT2D eigenvalue weighted by Gasteiger charge is 2.21. The number of carbonyl (C=O) groups excluding carboxylic acids is 2. The van der Waals surface area contributed by atoms with Gasteiger partial charge in [0.15, 0.2) is 5.78 Å². The quantitative estimate of drug-likeness (QED) is 0.828. The van der Waals surface area contributed by atoms with Crippen molar-refractivity contribution < 1.29 is 9.59 Å². The molecule has 0 saturated heterocycles. The molecule has 1 amide bonds. The Bertz CT molecular complexity index is 501. The maximum absolute atomic E-state index is 11.8. The number of hydrogen-bond donors (Lipinski definition) is 1. The van der Waals surface area contributed by atoms with Crippen LogP contribution in [0.2, 0.25) is 0 Å². The van der Waals surface area contributed by atoms with Crippen molar-refractivity contribution >= 4 is 17.4 Å². The highest BCUT2D eigenvalue weighted by Crippen LogP contribution is 2.15. The summed E-state index contributed by atoms with van der Waals surface area (Å²) >= 11 is 0. The third kappa shape index (κ3) is 3.42. The summed E-state index contributed by atoms with van der Waals surface area (Å²) in [4.78, 5) is 23.1. The van der Waals surface area contributed by atoms with Gasteiger partial charge in [-0.15, -0.1) is 0 Å². The SMILES string of the molecule is CC(=O)c1cccc(NC(=O)C(C#N)C(C)C)c1. The van der Waals surface area contributed by atoms with E-state index >= 15 is 0 Å². The third-order valence-electron chi connectivity index (χ3n) is 2.62. The molecule has 0 spiro atoms. The molecule has 1 atom stereocenters. The first-order chi connectivity index (χ1) is 8.45. The zero-order chi connectivity index (χ0) is 13.7. The van der Waals surface area contributed by atoms with Gasteiger partial charge in [0.1, 0.15) is 5.92 Å². The van der Waals surface area contributed by atoms with Crippen LogP contribution in [0, 0.1) is 23.2 Å². The van der Waals surface area contributed by atoms with E-state index in [-0.39, 0.29) is 17.6 Å². The van der Waals surface area contributed by atoms with Crippen LogP contribution in [0.3, 0.4) is 0 Å². The van der Waals surface area contributed by atoms with Crippen LogP contribution in [0.4, 0.5) is 5.69 Å². The lowest BCUT2D eigenvalue weighted by molar-refractivity contribution is -0.119. The number of carbonyl (C=O) groups is 2. The molecule has 0 aliphatic heterocycles. The Kier molecular flexibility index (Phi) is 4.61. The second-order valence-corrected chi connectivity index (χ2v) is 4.48. The van der Waals surface area contributed by atoms with Crippen molar-refractivity contribution in [3.63, 3.8) is 0 Å². The lowest BCUT2D eigenvalue weighted by Gasteiger charge is -2.13. The van der Waals surface area contributed by atoms with Gasteiger partial charge in [0.05, 0.1) is 6.07 Å². The van der Waals surface area contributed by atoms with E-state index in [2.05, 4.69) is 5.32 Å². The van der Waals surface area contributed by atoms with Gasteiger partial charge in [0.2, 0.25) is 5.91 Å². The normalized spacial score (nSPS) is 11.7. The molecule has 18 heavy (non-hydrogen) atoms. The molecule has 0 bridgehead atoms. The number of anilines is 1. The summed E-state index contributed by atoms with van der Waals surface area (Å²) in [6.45, 7) is 5.10. The molecular weight excluding hydrogens is 228 g/mol. The number of ketones is 1.